The van der Waals surface area contributed by atoms with Gasteiger partial charge in [0.2, 0.25) is 0 Å². The summed E-state index contributed by atoms with van der Waals surface area (Å²) in [6, 6.07) is 19.3. The molecule has 20 heavy (non-hydrogen) atoms. The predicted molar refractivity (Wildman–Crippen MR) is 76.8 cm³/mol. The van der Waals surface area contributed by atoms with Crippen LogP contribution in [-0.2, 0) is 21.0 Å². The molecule has 0 aliphatic heterocycles. The fraction of sp³-hybridized carbons (Fsp3) is 0.200. The fourth-order valence-electron chi connectivity index (χ4n) is 2.06. The zero-order valence-corrected chi connectivity index (χ0v) is 11.7. The van der Waals surface area contributed by atoms with Crippen LogP contribution in [0.1, 0.15) is 17.0 Å². The number of benzene rings is 2. The van der Waals surface area contributed by atoms with Crippen molar-refractivity contribution in [3.05, 3.63) is 71.8 Å². The first-order valence-corrected chi connectivity index (χ1v) is 7.62. The summed E-state index contributed by atoms with van der Waals surface area (Å²) in [7, 11) is -4.42. The molecule has 0 heterocycles. The smallest absolute Gasteiger partial charge is 0.264 e. The maximum atomic E-state index is 10.8. The predicted octanol–water partition coefficient (Wildman–Crippen LogP) is 2.83. The van der Waals surface area contributed by atoms with Crippen molar-refractivity contribution in [3.8, 4) is 0 Å². The lowest BCUT2D eigenvalue weighted by atomic mass is 9.93. The van der Waals surface area contributed by atoms with Gasteiger partial charge in [-0.1, -0.05) is 60.7 Å². The zero-order valence-electron chi connectivity index (χ0n) is 10.8. The summed E-state index contributed by atoms with van der Waals surface area (Å²) >= 11 is 0. The van der Waals surface area contributed by atoms with Crippen LogP contribution < -0.4 is 0 Å². The molecule has 0 aliphatic rings. The number of hydrogen-bond donors (Lipinski definition) is 1. The van der Waals surface area contributed by atoms with E-state index in [2.05, 4.69) is 4.18 Å². The van der Waals surface area contributed by atoms with Gasteiger partial charge in [-0.2, -0.15) is 8.42 Å². The van der Waals surface area contributed by atoms with E-state index in [9.17, 15) is 8.42 Å². The van der Waals surface area contributed by atoms with E-state index >= 15 is 0 Å². The van der Waals surface area contributed by atoms with Gasteiger partial charge < -0.3 is 0 Å². The third-order valence-corrected chi connectivity index (χ3v) is 3.45. The van der Waals surface area contributed by atoms with Gasteiger partial charge in [0, 0.05) is 5.92 Å². The monoisotopic (exact) mass is 292 g/mol. The van der Waals surface area contributed by atoms with Crippen LogP contribution in [0.15, 0.2) is 60.7 Å². The van der Waals surface area contributed by atoms with E-state index in [4.69, 9.17) is 4.55 Å². The summed E-state index contributed by atoms with van der Waals surface area (Å²) in [5, 5.41) is 0. The third kappa shape index (κ3) is 4.77. The van der Waals surface area contributed by atoms with Crippen LogP contribution in [0.3, 0.4) is 0 Å². The van der Waals surface area contributed by atoms with Gasteiger partial charge in [-0.15, -0.1) is 0 Å². The SMILES string of the molecule is O=S(=O)(O)OCC(Cc1ccccc1)c1ccccc1. The molecule has 0 fully saturated rings. The van der Waals surface area contributed by atoms with E-state index in [0.717, 1.165) is 11.1 Å². The Kier molecular flexibility index (Phi) is 4.89. The quantitative estimate of drug-likeness (QED) is 0.832. The van der Waals surface area contributed by atoms with Crippen LogP contribution in [0.4, 0.5) is 0 Å². The standard InChI is InChI=1S/C15H16O4S/c16-20(17,18)19-12-15(14-9-5-2-6-10-14)11-13-7-3-1-4-8-13/h1-10,15H,11-12H2,(H,16,17,18). The van der Waals surface area contributed by atoms with Crippen molar-refractivity contribution in [2.75, 3.05) is 6.61 Å². The highest BCUT2D eigenvalue weighted by Crippen LogP contribution is 2.21. The van der Waals surface area contributed by atoms with E-state index in [1.165, 1.54) is 0 Å². The van der Waals surface area contributed by atoms with Gasteiger partial charge in [0.05, 0.1) is 6.61 Å². The molecule has 1 unspecified atom stereocenters. The molecule has 0 amide bonds. The van der Waals surface area contributed by atoms with Crippen molar-refractivity contribution < 1.29 is 17.2 Å². The molecular weight excluding hydrogens is 276 g/mol. The van der Waals surface area contributed by atoms with Crippen molar-refractivity contribution in [3.63, 3.8) is 0 Å². The molecule has 0 aromatic heterocycles. The Hall–Kier alpha value is -1.69. The molecule has 0 spiro atoms. The topological polar surface area (TPSA) is 63.6 Å². The Morgan fingerprint density at radius 2 is 1.50 bits per heavy atom. The minimum atomic E-state index is -4.42. The van der Waals surface area contributed by atoms with Crippen LogP contribution in [0.25, 0.3) is 0 Å². The Balaban J connectivity index is 2.16. The average molecular weight is 292 g/mol. The summed E-state index contributed by atoms with van der Waals surface area (Å²) in [6.45, 7) is -0.0856. The summed E-state index contributed by atoms with van der Waals surface area (Å²) in [6.07, 6.45) is 0.639. The summed E-state index contributed by atoms with van der Waals surface area (Å²) in [5.74, 6) is -0.138. The van der Waals surface area contributed by atoms with Crippen LogP contribution in [0, 0.1) is 0 Å². The second kappa shape index (κ2) is 6.65. The van der Waals surface area contributed by atoms with E-state index in [-0.39, 0.29) is 12.5 Å². The molecule has 0 aliphatic carbocycles. The molecule has 4 nitrogen and oxygen atoms in total. The first-order valence-electron chi connectivity index (χ1n) is 6.25. The van der Waals surface area contributed by atoms with Crippen molar-refractivity contribution in [1.82, 2.24) is 0 Å². The van der Waals surface area contributed by atoms with Crippen LogP contribution in [-0.4, -0.2) is 19.6 Å². The molecule has 0 saturated carbocycles. The first-order chi connectivity index (χ1) is 9.54. The molecule has 0 bridgehead atoms. The van der Waals surface area contributed by atoms with E-state index in [1.807, 2.05) is 60.7 Å². The van der Waals surface area contributed by atoms with Gasteiger partial charge in [-0.05, 0) is 17.5 Å². The Bertz CT molecular complexity index is 623. The molecule has 5 heteroatoms. The lowest BCUT2D eigenvalue weighted by Gasteiger charge is -2.16. The van der Waals surface area contributed by atoms with E-state index in [1.54, 1.807) is 0 Å². The van der Waals surface area contributed by atoms with E-state index in [0.29, 0.717) is 6.42 Å². The van der Waals surface area contributed by atoms with Gasteiger partial charge in [0.25, 0.3) is 0 Å². The lowest BCUT2D eigenvalue weighted by molar-refractivity contribution is 0.249. The molecule has 1 N–H and O–H groups in total. The Morgan fingerprint density at radius 3 is 2.05 bits per heavy atom. The second-order valence-electron chi connectivity index (χ2n) is 4.51. The highest BCUT2D eigenvalue weighted by molar-refractivity contribution is 7.80. The molecule has 2 aromatic carbocycles. The van der Waals surface area contributed by atoms with Gasteiger partial charge in [0.15, 0.2) is 0 Å². The average Bonchev–Trinajstić information content (AvgIpc) is 2.44. The fourth-order valence-corrected chi connectivity index (χ4v) is 2.40. The maximum Gasteiger partial charge on any atom is 0.397 e. The highest BCUT2D eigenvalue weighted by Gasteiger charge is 2.16. The maximum absolute atomic E-state index is 10.8. The summed E-state index contributed by atoms with van der Waals surface area (Å²) in [5.41, 5.74) is 2.06. The van der Waals surface area contributed by atoms with Gasteiger partial charge in [-0.25, -0.2) is 4.18 Å². The lowest BCUT2D eigenvalue weighted by Crippen LogP contribution is -2.14. The van der Waals surface area contributed by atoms with E-state index < -0.39 is 10.4 Å². The van der Waals surface area contributed by atoms with Crippen LogP contribution in [0.2, 0.25) is 0 Å². The minimum Gasteiger partial charge on any atom is -0.264 e. The van der Waals surface area contributed by atoms with Crippen molar-refractivity contribution in [1.29, 1.82) is 0 Å². The van der Waals surface area contributed by atoms with Crippen molar-refractivity contribution >= 4 is 10.4 Å². The third-order valence-electron chi connectivity index (χ3n) is 3.01. The molecule has 1 atom stereocenters. The normalized spacial score (nSPS) is 13.1. The second-order valence-corrected chi connectivity index (χ2v) is 5.60. The van der Waals surface area contributed by atoms with Gasteiger partial charge >= 0.3 is 10.4 Å². The number of hydrogen-bond acceptors (Lipinski definition) is 3. The first kappa shape index (κ1) is 14.7. The van der Waals surface area contributed by atoms with Gasteiger partial charge in [0.1, 0.15) is 0 Å². The van der Waals surface area contributed by atoms with Crippen LogP contribution >= 0.6 is 0 Å². The highest BCUT2D eigenvalue weighted by atomic mass is 32.3. The van der Waals surface area contributed by atoms with Crippen molar-refractivity contribution in [2.45, 2.75) is 12.3 Å². The Morgan fingerprint density at radius 1 is 0.950 bits per heavy atom. The Labute approximate surface area is 119 Å². The summed E-state index contributed by atoms with van der Waals surface area (Å²) < 4.78 is 34.8. The number of rotatable bonds is 6. The van der Waals surface area contributed by atoms with Crippen molar-refractivity contribution in [2.24, 2.45) is 0 Å². The van der Waals surface area contributed by atoms with Crippen LogP contribution in [0.5, 0.6) is 0 Å². The molecule has 0 radical (unpaired) electrons. The minimum absolute atomic E-state index is 0.0856. The summed E-state index contributed by atoms with van der Waals surface area (Å²) in [4.78, 5) is 0. The molecule has 2 aromatic rings. The zero-order chi connectivity index (χ0) is 14.4. The molecular formula is C15H16O4S. The molecule has 106 valence electrons. The van der Waals surface area contributed by atoms with Gasteiger partial charge in [-0.3, -0.25) is 4.55 Å². The molecule has 2 rings (SSSR count). The largest absolute Gasteiger partial charge is 0.397 e. The molecule has 0 saturated heterocycles.